The van der Waals surface area contributed by atoms with Gasteiger partial charge in [0.2, 0.25) is 0 Å². The second-order valence-corrected chi connectivity index (χ2v) is 19.9. The number of carbonyl (C=O) groups is 1. The van der Waals surface area contributed by atoms with Gasteiger partial charge in [0.15, 0.2) is 0 Å². The summed E-state index contributed by atoms with van der Waals surface area (Å²) in [6, 6.07) is 0. The highest BCUT2D eigenvalue weighted by Gasteiger charge is 2.70. The maximum atomic E-state index is 13.9. The summed E-state index contributed by atoms with van der Waals surface area (Å²) >= 11 is 0. The Morgan fingerprint density at radius 2 is 1.69 bits per heavy atom. The molecule has 0 spiro atoms. The van der Waals surface area contributed by atoms with Gasteiger partial charge in [-0.2, -0.15) is 0 Å². The van der Waals surface area contributed by atoms with Crippen LogP contribution in [0.1, 0.15) is 145 Å². The molecule has 0 radical (unpaired) electrons. The summed E-state index contributed by atoms with van der Waals surface area (Å²) < 4.78 is 13.9. The van der Waals surface area contributed by atoms with Crippen LogP contribution in [0.2, 0.25) is 0 Å². The van der Waals surface area contributed by atoms with E-state index >= 15 is 0 Å². The van der Waals surface area contributed by atoms with Crippen LogP contribution in [-0.4, -0.2) is 40.5 Å². The van der Waals surface area contributed by atoms with E-state index in [1.54, 1.807) is 0 Å². The number of aliphatic hydroxyl groups is 1. The van der Waals surface area contributed by atoms with E-state index in [9.17, 15) is 19.4 Å². The minimum atomic E-state index is -1.25. The topological polar surface area (TPSA) is 69.6 Å². The van der Waals surface area contributed by atoms with Crippen molar-refractivity contribution in [2.45, 2.75) is 156 Å². The van der Waals surface area contributed by atoms with E-state index in [0.717, 1.165) is 25.8 Å². The van der Waals surface area contributed by atoms with Crippen LogP contribution in [0, 0.1) is 56.7 Å². The van der Waals surface area contributed by atoms with E-state index in [-0.39, 0.29) is 27.2 Å². The molecule has 5 heteroatoms. The third kappa shape index (κ3) is 5.36. The number of nitrogens with one attached hydrogen (secondary N) is 1. The lowest BCUT2D eigenvalue weighted by molar-refractivity contribution is -0.221. The fraction of sp³-hybridized carbons (Fsp3) is 0.837. The second-order valence-electron chi connectivity index (χ2n) is 19.9. The van der Waals surface area contributed by atoms with Gasteiger partial charge < -0.3 is 15.5 Å². The molecule has 10 atom stereocenters. The highest BCUT2D eigenvalue weighted by Crippen LogP contribution is 2.76. The number of fused-ring (bicyclic) bond motifs is 7. The predicted octanol–water partition coefficient (Wildman–Crippen LogP) is 10.2. The molecule has 6 aliphatic carbocycles. The van der Waals surface area contributed by atoms with Gasteiger partial charge in [0.1, 0.15) is 6.67 Å². The zero-order valence-corrected chi connectivity index (χ0v) is 31.7. The molecule has 48 heavy (non-hydrogen) atoms. The molecule has 0 aromatic heterocycles. The number of rotatable bonds is 9. The van der Waals surface area contributed by atoms with Crippen LogP contribution in [0.25, 0.3) is 0 Å². The van der Waals surface area contributed by atoms with Gasteiger partial charge in [0, 0.05) is 5.54 Å². The summed E-state index contributed by atoms with van der Waals surface area (Å²) in [4.78, 5) is 12.0. The van der Waals surface area contributed by atoms with Gasteiger partial charge in [-0.05, 0) is 180 Å². The Labute approximate surface area is 291 Å². The number of allylic oxidation sites excluding steroid dienone is 5. The van der Waals surface area contributed by atoms with Crippen LogP contribution in [0.3, 0.4) is 0 Å². The third-order valence-electron chi connectivity index (χ3n) is 16.8. The van der Waals surface area contributed by atoms with Gasteiger partial charge in [-0.25, -0.2) is 4.39 Å². The fourth-order valence-electron chi connectivity index (χ4n) is 14.0. The quantitative estimate of drug-likeness (QED) is 0.169. The van der Waals surface area contributed by atoms with Crippen molar-refractivity contribution in [1.29, 1.82) is 0 Å². The Balaban J connectivity index is 1.28. The summed E-state index contributed by atoms with van der Waals surface area (Å²) in [5, 5.41) is 24.3. The standard InChI is InChI=1S/C43H68FNO3/c1-28(2)30-15-23-43(45-26-10-18-37(3,4)48)25-24-40(8)32(35(30)43)11-12-34-39(7)19-16-31(38(5,6)33(39)17-20-41(34,40)9)29-13-21-42(27-44,22-14-29)36(46)47/h13,16,30,32-35,45,48H,1,10-12,14-15,17-27H2,2-9H3,(H,46,47). The molecule has 0 aromatic rings. The first kappa shape index (κ1) is 36.3. The maximum absolute atomic E-state index is 13.9. The Morgan fingerprint density at radius 1 is 0.958 bits per heavy atom. The Bertz CT molecular complexity index is 1360. The number of aliphatic carboxylic acids is 1. The van der Waals surface area contributed by atoms with E-state index in [0.29, 0.717) is 48.9 Å². The van der Waals surface area contributed by atoms with Crippen LogP contribution in [0.15, 0.2) is 35.5 Å². The number of hydrogen-bond donors (Lipinski definition) is 3. The number of alkyl halides is 1. The smallest absolute Gasteiger partial charge is 0.312 e. The van der Waals surface area contributed by atoms with Gasteiger partial charge in [-0.15, -0.1) is 0 Å². The van der Waals surface area contributed by atoms with Crippen LogP contribution >= 0.6 is 0 Å². The van der Waals surface area contributed by atoms with Crippen molar-refractivity contribution in [2.24, 2.45) is 56.7 Å². The highest BCUT2D eigenvalue weighted by atomic mass is 19.1. The third-order valence-corrected chi connectivity index (χ3v) is 16.8. The van der Waals surface area contributed by atoms with Crippen molar-refractivity contribution < 1.29 is 19.4 Å². The molecule has 6 rings (SSSR count). The van der Waals surface area contributed by atoms with Crippen molar-refractivity contribution in [3.05, 3.63) is 35.5 Å². The molecular weight excluding hydrogens is 597 g/mol. The van der Waals surface area contributed by atoms with Crippen molar-refractivity contribution in [1.82, 2.24) is 5.32 Å². The monoisotopic (exact) mass is 666 g/mol. The molecule has 0 heterocycles. The van der Waals surface area contributed by atoms with Crippen LogP contribution < -0.4 is 5.32 Å². The SMILES string of the molecule is C=C(C)C1CCC2(NCCCC(C)(C)O)CCC3(C)C(CCC4C5(C)CC=C(C6=CCC(CF)(C(=O)O)CC6)C(C)(C)C5CCC43C)C12. The van der Waals surface area contributed by atoms with Crippen LogP contribution in [0.5, 0.6) is 0 Å². The zero-order chi connectivity index (χ0) is 35.1. The first-order chi connectivity index (χ1) is 22.3. The Morgan fingerprint density at radius 3 is 2.29 bits per heavy atom. The average Bonchev–Trinajstić information content (AvgIpc) is 3.39. The maximum Gasteiger partial charge on any atom is 0.312 e. The minimum absolute atomic E-state index is 0.00211. The normalized spacial score (nSPS) is 45.2. The van der Waals surface area contributed by atoms with E-state index in [1.165, 1.54) is 68.1 Å². The van der Waals surface area contributed by atoms with Gasteiger partial charge in [0.05, 0.1) is 11.0 Å². The molecule has 0 amide bonds. The Kier molecular flexibility index (Phi) is 9.13. The van der Waals surface area contributed by atoms with E-state index in [2.05, 4.69) is 65.6 Å². The molecule has 3 N–H and O–H groups in total. The second kappa shape index (κ2) is 12.1. The summed E-state index contributed by atoms with van der Waals surface area (Å²) in [6.45, 7) is 23.9. The van der Waals surface area contributed by atoms with E-state index < -0.39 is 23.7 Å². The van der Waals surface area contributed by atoms with Crippen molar-refractivity contribution >= 4 is 5.97 Å². The van der Waals surface area contributed by atoms with Crippen LogP contribution in [-0.2, 0) is 4.79 Å². The number of halogens is 1. The lowest BCUT2D eigenvalue weighted by Crippen LogP contribution is -2.68. The molecule has 0 saturated heterocycles. The summed E-state index contributed by atoms with van der Waals surface area (Å²) in [5.41, 5.74) is 3.20. The lowest BCUT2D eigenvalue weighted by Gasteiger charge is -2.72. The zero-order valence-electron chi connectivity index (χ0n) is 31.7. The number of carboxylic acids is 1. The molecule has 0 bridgehead atoms. The first-order valence-corrected chi connectivity index (χ1v) is 19.6. The number of carboxylic acid groups (broad SMARTS) is 1. The van der Waals surface area contributed by atoms with Gasteiger partial charge in [0.25, 0.3) is 0 Å². The largest absolute Gasteiger partial charge is 0.481 e. The van der Waals surface area contributed by atoms with Crippen molar-refractivity contribution in [3.8, 4) is 0 Å². The molecule has 10 unspecified atom stereocenters. The van der Waals surface area contributed by atoms with E-state index in [1.807, 2.05) is 13.8 Å². The molecule has 6 aliphatic rings. The highest BCUT2D eigenvalue weighted by molar-refractivity contribution is 5.75. The molecule has 0 aliphatic heterocycles. The molecule has 4 saturated carbocycles. The van der Waals surface area contributed by atoms with Crippen LogP contribution in [0.4, 0.5) is 4.39 Å². The van der Waals surface area contributed by atoms with Gasteiger partial charge in [-0.1, -0.05) is 58.9 Å². The molecule has 4 nitrogen and oxygen atoms in total. The fourth-order valence-corrected chi connectivity index (χ4v) is 14.0. The minimum Gasteiger partial charge on any atom is -0.481 e. The number of hydrogen-bond acceptors (Lipinski definition) is 3. The van der Waals surface area contributed by atoms with Crippen molar-refractivity contribution in [3.63, 3.8) is 0 Å². The van der Waals surface area contributed by atoms with Gasteiger partial charge in [-0.3, -0.25) is 4.79 Å². The average molecular weight is 666 g/mol. The molecular formula is C43H68FNO3. The summed E-state index contributed by atoms with van der Waals surface area (Å²) in [5.74, 6) is 2.17. The summed E-state index contributed by atoms with van der Waals surface area (Å²) in [7, 11) is 0. The predicted molar refractivity (Wildman–Crippen MR) is 194 cm³/mol. The van der Waals surface area contributed by atoms with Crippen molar-refractivity contribution in [2.75, 3.05) is 13.2 Å². The Hall–Kier alpha value is -1.46. The molecule has 0 aromatic carbocycles. The van der Waals surface area contributed by atoms with Gasteiger partial charge >= 0.3 is 5.97 Å². The first-order valence-electron chi connectivity index (χ1n) is 19.6. The lowest BCUT2D eigenvalue weighted by atomic mass is 9.33. The molecule has 270 valence electrons. The molecule has 4 fully saturated rings. The summed E-state index contributed by atoms with van der Waals surface area (Å²) in [6.07, 6.45) is 19.1. The van der Waals surface area contributed by atoms with E-state index in [4.69, 9.17) is 0 Å².